The van der Waals surface area contributed by atoms with Gasteiger partial charge in [-0.15, -0.1) is 0 Å². The molecule has 0 fully saturated rings. The zero-order chi connectivity index (χ0) is 15.7. The summed E-state index contributed by atoms with van der Waals surface area (Å²) in [5.74, 6) is 0.254. The molecule has 0 radical (unpaired) electrons. The number of carbonyl (C=O) groups is 1. The number of aromatic nitrogens is 2. The highest BCUT2D eigenvalue weighted by molar-refractivity contribution is 6.06. The molecule has 0 saturated carbocycles. The van der Waals surface area contributed by atoms with Gasteiger partial charge in [0.25, 0.3) is 0 Å². The van der Waals surface area contributed by atoms with E-state index in [9.17, 15) is 4.79 Å². The molecule has 0 aromatic carbocycles. The quantitative estimate of drug-likeness (QED) is 0.271. The van der Waals surface area contributed by atoms with E-state index in [-0.39, 0.29) is 11.7 Å². The Kier molecular flexibility index (Phi) is 6.64. The first kappa shape index (κ1) is 16.9. The van der Waals surface area contributed by atoms with Crippen molar-refractivity contribution in [1.29, 1.82) is 0 Å². The Morgan fingerprint density at radius 3 is 2.62 bits per heavy atom. The predicted octanol–water partition coefficient (Wildman–Crippen LogP) is 1.06. The van der Waals surface area contributed by atoms with Crippen LogP contribution in [0.1, 0.15) is 45.4 Å². The third-order valence-corrected chi connectivity index (χ3v) is 3.43. The van der Waals surface area contributed by atoms with Crippen molar-refractivity contribution in [3.8, 4) is 0 Å². The van der Waals surface area contributed by atoms with Crippen molar-refractivity contribution in [1.82, 2.24) is 15.5 Å². The van der Waals surface area contributed by atoms with Gasteiger partial charge >= 0.3 is 0 Å². The Morgan fingerprint density at radius 1 is 1.48 bits per heavy atom. The number of nitrogens with two attached hydrogens (primary N) is 1. The largest absolute Gasteiger partial charge is 0.409 e. The maximum Gasteiger partial charge on any atom is 0.233 e. The second-order valence-electron chi connectivity index (χ2n) is 4.92. The smallest absolute Gasteiger partial charge is 0.233 e. The van der Waals surface area contributed by atoms with Crippen LogP contribution in [-0.4, -0.2) is 33.6 Å². The third kappa shape index (κ3) is 4.17. The van der Waals surface area contributed by atoms with Crippen LogP contribution >= 0.6 is 0 Å². The van der Waals surface area contributed by atoms with Crippen molar-refractivity contribution >= 4 is 11.7 Å². The molecule has 0 spiro atoms. The minimum absolute atomic E-state index is 0.0386. The van der Waals surface area contributed by atoms with Crippen LogP contribution in [0, 0.1) is 5.41 Å². The van der Waals surface area contributed by atoms with Gasteiger partial charge in [0.1, 0.15) is 5.41 Å². The Morgan fingerprint density at radius 2 is 2.14 bits per heavy atom. The monoisotopic (exact) mass is 297 g/mol. The van der Waals surface area contributed by atoms with E-state index in [1.165, 1.54) is 6.39 Å². The average Bonchev–Trinajstić information content (AvgIpc) is 2.99. The zero-order valence-corrected chi connectivity index (χ0v) is 12.5. The first-order chi connectivity index (χ1) is 10.1. The second kappa shape index (κ2) is 8.23. The lowest BCUT2D eigenvalue weighted by molar-refractivity contribution is -0.128. The van der Waals surface area contributed by atoms with E-state index in [2.05, 4.69) is 25.1 Å². The van der Waals surface area contributed by atoms with Gasteiger partial charge in [-0.05, 0) is 12.8 Å². The fraction of sp³-hybridized carbons (Fsp3) is 0.692. The number of rotatable bonds is 9. The molecule has 4 N–H and O–H groups in total. The van der Waals surface area contributed by atoms with Crippen LogP contribution in [0.2, 0.25) is 0 Å². The summed E-state index contributed by atoms with van der Waals surface area (Å²) in [7, 11) is 0. The summed E-state index contributed by atoms with van der Waals surface area (Å²) in [6.45, 7) is 4.29. The molecular formula is C13H23N5O3. The molecule has 118 valence electrons. The van der Waals surface area contributed by atoms with E-state index in [1.807, 2.05) is 13.8 Å². The number of nitrogens with one attached hydrogen (secondary N) is 1. The average molecular weight is 297 g/mol. The molecule has 0 atom stereocenters. The highest BCUT2D eigenvalue weighted by atomic mass is 16.5. The molecule has 0 aliphatic rings. The first-order valence-electron chi connectivity index (χ1n) is 7.12. The Balaban J connectivity index is 2.74. The van der Waals surface area contributed by atoms with Crippen LogP contribution in [-0.2, 0) is 11.2 Å². The van der Waals surface area contributed by atoms with Crippen molar-refractivity contribution in [3.05, 3.63) is 12.2 Å². The van der Waals surface area contributed by atoms with E-state index in [4.69, 9.17) is 10.9 Å². The molecule has 21 heavy (non-hydrogen) atoms. The topological polar surface area (TPSA) is 127 Å². The number of oxime groups is 1. The van der Waals surface area contributed by atoms with Gasteiger partial charge in [-0.1, -0.05) is 37.0 Å². The molecule has 1 aromatic heterocycles. The van der Waals surface area contributed by atoms with Crippen LogP contribution < -0.4 is 11.1 Å². The Labute approximate surface area is 123 Å². The molecule has 1 heterocycles. The highest BCUT2D eigenvalue weighted by Gasteiger charge is 2.41. The zero-order valence-electron chi connectivity index (χ0n) is 12.5. The molecule has 1 amide bonds. The summed E-state index contributed by atoms with van der Waals surface area (Å²) in [6, 6.07) is 0. The van der Waals surface area contributed by atoms with Gasteiger partial charge in [0.15, 0.2) is 11.7 Å². The van der Waals surface area contributed by atoms with Gasteiger partial charge in [0.05, 0.1) is 0 Å². The molecule has 1 aromatic rings. The van der Waals surface area contributed by atoms with Crippen LogP contribution in [0.25, 0.3) is 0 Å². The van der Waals surface area contributed by atoms with Gasteiger partial charge in [-0.25, -0.2) is 0 Å². The van der Waals surface area contributed by atoms with Gasteiger partial charge < -0.3 is 20.8 Å². The molecule has 8 heteroatoms. The second-order valence-corrected chi connectivity index (χ2v) is 4.92. The third-order valence-electron chi connectivity index (χ3n) is 3.43. The van der Waals surface area contributed by atoms with Gasteiger partial charge in [-0.3, -0.25) is 4.79 Å². The van der Waals surface area contributed by atoms with Crippen molar-refractivity contribution < 1.29 is 14.5 Å². The van der Waals surface area contributed by atoms with Gasteiger partial charge in [0, 0.05) is 13.0 Å². The fourth-order valence-electron chi connectivity index (χ4n) is 2.43. The number of carbonyl (C=O) groups excluding carboxylic acids is 1. The molecule has 8 nitrogen and oxygen atoms in total. The lowest BCUT2D eigenvalue weighted by Crippen LogP contribution is -2.50. The first-order valence-corrected chi connectivity index (χ1v) is 7.12. The van der Waals surface area contributed by atoms with Crippen LogP contribution in [0.3, 0.4) is 0 Å². The Hall–Kier alpha value is -2.12. The summed E-state index contributed by atoms with van der Waals surface area (Å²) in [5, 5.41) is 18.6. The van der Waals surface area contributed by atoms with E-state index in [0.717, 1.165) is 12.8 Å². The molecule has 0 saturated heterocycles. The molecular weight excluding hydrogens is 274 g/mol. The normalized spacial score (nSPS) is 12.4. The molecule has 1 rings (SSSR count). The summed E-state index contributed by atoms with van der Waals surface area (Å²) >= 11 is 0. The summed E-state index contributed by atoms with van der Waals surface area (Å²) < 4.78 is 4.63. The highest BCUT2D eigenvalue weighted by Crippen LogP contribution is 2.30. The van der Waals surface area contributed by atoms with Gasteiger partial charge in [-0.2, -0.15) is 4.98 Å². The van der Waals surface area contributed by atoms with Crippen LogP contribution in [0.4, 0.5) is 0 Å². The maximum atomic E-state index is 12.5. The Bertz CT molecular complexity index is 452. The van der Waals surface area contributed by atoms with Crippen molar-refractivity contribution in [2.75, 3.05) is 6.54 Å². The van der Waals surface area contributed by atoms with Crippen molar-refractivity contribution in [3.63, 3.8) is 0 Å². The molecule has 0 aliphatic carbocycles. The predicted molar refractivity (Wildman–Crippen MR) is 76.7 cm³/mol. The summed E-state index contributed by atoms with van der Waals surface area (Å²) in [5.41, 5.74) is 4.83. The minimum atomic E-state index is -0.963. The number of nitrogens with zero attached hydrogens (tertiary/aromatic N) is 3. The number of amides is 1. The van der Waals surface area contributed by atoms with Gasteiger partial charge in [0.2, 0.25) is 12.3 Å². The molecule has 0 unspecified atom stereocenters. The SMILES string of the molecule is CCCC(CCC)(C(=O)NCCc1ncon1)C(N)=NO. The maximum absolute atomic E-state index is 12.5. The number of hydrogen-bond donors (Lipinski definition) is 3. The van der Waals surface area contributed by atoms with Crippen LogP contribution in [0.15, 0.2) is 16.1 Å². The van der Waals surface area contributed by atoms with Crippen molar-refractivity contribution in [2.45, 2.75) is 46.0 Å². The lowest BCUT2D eigenvalue weighted by atomic mass is 9.77. The van der Waals surface area contributed by atoms with E-state index in [1.54, 1.807) is 0 Å². The summed E-state index contributed by atoms with van der Waals surface area (Å²) in [4.78, 5) is 16.4. The summed E-state index contributed by atoms with van der Waals surface area (Å²) in [6.07, 6.45) is 4.29. The standard InChI is InChI=1S/C13H23N5O3/c1-3-6-13(7-4-2,11(14)17-20)12(19)15-8-5-10-16-9-21-18-10/h9,20H,3-8H2,1-2H3,(H2,14,17)(H,15,19). The van der Waals surface area contributed by atoms with E-state index < -0.39 is 5.41 Å². The lowest BCUT2D eigenvalue weighted by Gasteiger charge is -2.30. The van der Waals surface area contributed by atoms with Crippen LogP contribution in [0.5, 0.6) is 0 Å². The van der Waals surface area contributed by atoms with E-state index >= 15 is 0 Å². The van der Waals surface area contributed by atoms with E-state index in [0.29, 0.717) is 31.6 Å². The minimum Gasteiger partial charge on any atom is -0.409 e. The fourth-order valence-corrected chi connectivity index (χ4v) is 2.43. The molecule has 0 aliphatic heterocycles. The molecule has 0 bridgehead atoms. The number of amidine groups is 1. The van der Waals surface area contributed by atoms with Crippen molar-refractivity contribution in [2.24, 2.45) is 16.3 Å². The number of hydrogen-bond acceptors (Lipinski definition) is 6.